The van der Waals surface area contributed by atoms with Crippen LogP contribution < -0.4 is 10.6 Å². The van der Waals surface area contributed by atoms with E-state index in [0.717, 1.165) is 5.56 Å². The van der Waals surface area contributed by atoms with Crippen LogP contribution in [-0.4, -0.2) is 32.3 Å². The standard InChI is InChI=1S/C24H28FN5O2S/c1-5-30-22(21(15(2)3)27-23(32)17-12-10-16(4)11-13-17)28-29-24(30)33-14-20(31)26-19-9-7-6-8-18(19)25/h6-13,15,21H,5,14H2,1-4H3,(H,26,31)(H,27,32). The number of rotatable bonds is 9. The number of hydrogen-bond donors (Lipinski definition) is 2. The van der Waals surface area contributed by atoms with Crippen LogP contribution in [0.4, 0.5) is 10.1 Å². The summed E-state index contributed by atoms with van der Waals surface area (Å²) < 4.78 is 15.7. The maximum Gasteiger partial charge on any atom is 0.251 e. The molecule has 0 fully saturated rings. The molecule has 33 heavy (non-hydrogen) atoms. The molecule has 9 heteroatoms. The third-order valence-corrected chi connectivity index (χ3v) is 6.05. The molecule has 0 aliphatic carbocycles. The summed E-state index contributed by atoms with van der Waals surface area (Å²) in [6.45, 7) is 8.50. The van der Waals surface area contributed by atoms with Gasteiger partial charge in [0, 0.05) is 12.1 Å². The molecule has 2 amide bonds. The fourth-order valence-electron chi connectivity index (χ4n) is 3.27. The molecule has 3 rings (SSSR count). The van der Waals surface area contributed by atoms with Crippen LogP contribution in [0, 0.1) is 18.7 Å². The molecule has 2 aromatic carbocycles. The van der Waals surface area contributed by atoms with Crippen molar-refractivity contribution < 1.29 is 14.0 Å². The Morgan fingerprint density at radius 3 is 2.42 bits per heavy atom. The Labute approximate surface area is 197 Å². The predicted octanol–water partition coefficient (Wildman–Crippen LogP) is 4.60. The number of nitrogens with one attached hydrogen (secondary N) is 2. The molecule has 174 valence electrons. The van der Waals surface area contributed by atoms with Gasteiger partial charge < -0.3 is 15.2 Å². The Balaban J connectivity index is 1.71. The minimum atomic E-state index is -0.487. The van der Waals surface area contributed by atoms with Crippen molar-refractivity contribution in [2.45, 2.75) is 45.4 Å². The molecular weight excluding hydrogens is 441 g/mol. The zero-order chi connectivity index (χ0) is 24.0. The van der Waals surface area contributed by atoms with Crippen molar-refractivity contribution in [2.75, 3.05) is 11.1 Å². The molecule has 0 spiro atoms. The molecule has 0 aliphatic heterocycles. The maximum atomic E-state index is 13.8. The zero-order valence-corrected chi connectivity index (χ0v) is 19.9. The highest BCUT2D eigenvalue weighted by atomic mass is 32.2. The fraction of sp³-hybridized carbons (Fsp3) is 0.333. The Morgan fingerprint density at radius 1 is 1.09 bits per heavy atom. The number of aryl methyl sites for hydroxylation is 1. The van der Waals surface area contributed by atoms with E-state index in [0.29, 0.717) is 23.1 Å². The number of carbonyl (C=O) groups excluding carboxylic acids is 2. The van der Waals surface area contributed by atoms with E-state index in [1.807, 2.05) is 44.4 Å². The number of amides is 2. The van der Waals surface area contributed by atoms with Crippen LogP contribution in [-0.2, 0) is 11.3 Å². The molecule has 2 N–H and O–H groups in total. The topological polar surface area (TPSA) is 88.9 Å². The highest BCUT2D eigenvalue weighted by Crippen LogP contribution is 2.26. The first-order valence-electron chi connectivity index (χ1n) is 10.8. The summed E-state index contributed by atoms with van der Waals surface area (Å²) in [6, 6.07) is 13.0. The first-order chi connectivity index (χ1) is 15.8. The van der Waals surface area contributed by atoms with E-state index in [9.17, 15) is 14.0 Å². The van der Waals surface area contributed by atoms with Crippen LogP contribution in [0.2, 0.25) is 0 Å². The molecule has 0 bridgehead atoms. The van der Waals surface area contributed by atoms with E-state index in [2.05, 4.69) is 20.8 Å². The SMILES string of the molecule is CCn1c(SCC(=O)Nc2ccccc2F)nnc1C(NC(=O)c1ccc(C)cc1)C(C)C. The van der Waals surface area contributed by atoms with Gasteiger partial charge in [-0.1, -0.05) is 55.4 Å². The van der Waals surface area contributed by atoms with Gasteiger partial charge in [-0.25, -0.2) is 4.39 Å². The van der Waals surface area contributed by atoms with Gasteiger partial charge in [0.25, 0.3) is 5.91 Å². The summed E-state index contributed by atoms with van der Waals surface area (Å²) in [7, 11) is 0. The summed E-state index contributed by atoms with van der Waals surface area (Å²) in [5, 5.41) is 14.8. The Kier molecular flexibility index (Phi) is 8.21. The lowest BCUT2D eigenvalue weighted by Gasteiger charge is -2.22. The van der Waals surface area contributed by atoms with Gasteiger partial charge in [0.05, 0.1) is 17.5 Å². The van der Waals surface area contributed by atoms with Crippen molar-refractivity contribution in [3.8, 4) is 0 Å². The number of nitrogens with zero attached hydrogens (tertiary/aromatic N) is 3. The number of benzene rings is 2. The van der Waals surface area contributed by atoms with E-state index in [1.165, 1.54) is 23.9 Å². The van der Waals surface area contributed by atoms with Crippen LogP contribution in [0.5, 0.6) is 0 Å². The van der Waals surface area contributed by atoms with Crippen molar-refractivity contribution in [1.29, 1.82) is 0 Å². The van der Waals surface area contributed by atoms with Crippen LogP contribution in [0.3, 0.4) is 0 Å². The number of hydrogen-bond acceptors (Lipinski definition) is 5. The highest BCUT2D eigenvalue weighted by Gasteiger charge is 2.26. The van der Waals surface area contributed by atoms with Crippen LogP contribution in [0.25, 0.3) is 0 Å². The quantitative estimate of drug-likeness (QED) is 0.447. The monoisotopic (exact) mass is 469 g/mol. The first-order valence-corrected chi connectivity index (χ1v) is 11.8. The average Bonchev–Trinajstić information content (AvgIpc) is 3.20. The highest BCUT2D eigenvalue weighted by molar-refractivity contribution is 7.99. The minimum absolute atomic E-state index is 0.0501. The van der Waals surface area contributed by atoms with Crippen molar-refractivity contribution in [1.82, 2.24) is 20.1 Å². The second-order valence-corrected chi connectivity index (χ2v) is 8.91. The summed E-state index contributed by atoms with van der Waals surface area (Å²) in [5.74, 6) is -0.266. The van der Waals surface area contributed by atoms with E-state index in [4.69, 9.17) is 0 Å². The summed E-state index contributed by atoms with van der Waals surface area (Å²) in [4.78, 5) is 25.1. The lowest BCUT2D eigenvalue weighted by molar-refractivity contribution is -0.113. The molecule has 7 nitrogen and oxygen atoms in total. The molecule has 1 heterocycles. The van der Waals surface area contributed by atoms with Gasteiger partial charge in [-0.05, 0) is 44.0 Å². The van der Waals surface area contributed by atoms with Crippen molar-refractivity contribution in [3.63, 3.8) is 0 Å². The number of aromatic nitrogens is 3. The summed E-state index contributed by atoms with van der Waals surface area (Å²) in [5.41, 5.74) is 1.80. The van der Waals surface area contributed by atoms with Gasteiger partial charge >= 0.3 is 0 Å². The van der Waals surface area contributed by atoms with Gasteiger partial charge in [-0.2, -0.15) is 0 Å². The van der Waals surface area contributed by atoms with Gasteiger partial charge in [0.15, 0.2) is 11.0 Å². The Bertz CT molecular complexity index is 1110. The van der Waals surface area contributed by atoms with Gasteiger partial charge in [0.2, 0.25) is 5.91 Å². The molecule has 1 atom stereocenters. The Morgan fingerprint density at radius 2 is 1.79 bits per heavy atom. The van der Waals surface area contributed by atoms with Gasteiger partial charge in [-0.3, -0.25) is 9.59 Å². The van der Waals surface area contributed by atoms with E-state index < -0.39 is 5.82 Å². The summed E-state index contributed by atoms with van der Waals surface area (Å²) >= 11 is 1.21. The number of thioether (sulfide) groups is 1. The Hall–Kier alpha value is -3.20. The average molecular weight is 470 g/mol. The molecule has 0 saturated heterocycles. The van der Waals surface area contributed by atoms with Crippen LogP contribution in [0.1, 0.15) is 48.6 Å². The molecule has 1 unspecified atom stereocenters. The van der Waals surface area contributed by atoms with Gasteiger partial charge in [-0.15, -0.1) is 10.2 Å². The largest absolute Gasteiger partial charge is 0.342 e. The third kappa shape index (κ3) is 6.19. The predicted molar refractivity (Wildman–Crippen MR) is 128 cm³/mol. The minimum Gasteiger partial charge on any atom is -0.342 e. The van der Waals surface area contributed by atoms with Crippen molar-refractivity contribution >= 4 is 29.3 Å². The first kappa shape index (κ1) is 24.4. The maximum absolute atomic E-state index is 13.8. The molecule has 0 saturated carbocycles. The van der Waals surface area contributed by atoms with Crippen LogP contribution in [0.15, 0.2) is 53.7 Å². The second kappa shape index (κ2) is 11.1. The normalized spacial score (nSPS) is 11.9. The van der Waals surface area contributed by atoms with Gasteiger partial charge in [0.1, 0.15) is 5.82 Å². The number of halogens is 1. The molecule has 0 aliphatic rings. The number of para-hydroxylation sites is 1. The van der Waals surface area contributed by atoms with Crippen molar-refractivity contribution in [3.05, 3.63) is 71.3 Å². The molecule has 1 aromatic heterocycles. The lowest BCUT2D eigenvalue weighted by atomic mass is 10.0. The molecular formula is C24H28FN5O2S. The van der Waals surface area contributed by atoms with E-state index in [-0.39, 0.29) is 35.2 Å². The molecule has 3 aromatic rings. The lowest BCUT2D eigenvalue weighted by Crippen LogP contribution is -2.33. The van der Waals surface area contributed by atoms with Crippen LogP contribution >= 0.6 is 11.8 Å². The zero-order valence-electron chi connectivity index (χ0n) is 19.1. The van der Waals surface area contributed by atoms with E-state index >= 15 is 0 Å². The summed E-state index contributed by atoms with van der Waals surface area (Å²) in [6.07, 6.45) is 0. The smallest absolute Gasteiger partial charge is 0.251 e. The number of carbonyl (C=O) groups is 2. The second-order valence-electron chi connectivity index (χ2n) is 7.96. The fourth-order valence-corrected chi connectivity index (χ4v) is 4.08. The van der Waals surface area contributed by atoms with Crippen molar-refractivity contribution in [2.24, 2.45) is 5.92 Å². The van der Waals surface area contributed by atoms with E-state index in [1.54, 1.807) is 24.3 Å². The number of anilines is 1. The molecule has 0 radical (unpaired) electrons. The third-order valence-electron chi connectivity index (χ3n) is 5.09.